The molecule has 0 unspecified atom stereocenters. The fraction of sp³-hybridized carbons (Fsp3) is 0.571. The van der Waals surface area contributed by atoms with Crippen LogP contribution >= 0.6 is 0 Å². The average Bonchev–Trinajstić information content (AvgIpc) is 2.27. The largest absolute Gasteiger partial charge is 0.306 e. The highest BCUT2D eigenvalue weighted by Crippen LogP contribution is 2.12. The minimum Gasteiger partial charge on any atom is -0.275 e. The number of aromatic nitrogens is 2. The summed E-state index contributed by atoms with van der Waals surface area (Å²) >= 11 is 0. The van der Waals surface area contributed by atoms with Crippen molar-refractivity contribution in [2.75, 3.05) is 0 Å². The van der Waals surface area contributed by atoms with Crippen molar-refractivity contribution in [2.24, 2.45) is 7.05 Å². The quantitative estimate of drug-likeness (QED) is 0.687. The van der Waals surface area contributed by atoms with Gasteiger partial charge >= 0.3 is 10.2 Å². The highest BCUT2D eigenvalue weighted by Gasteiger charge is 2.14. The van der Waals surface area contributed by atoms with Crippen LogP contribution in [-0.4, -0.2) is 18.2 Å². The lowest BCUT2D eigenvalue weighted by atomic mass is 10.2. The first-order valence-corrected chi connectivity index (χ1v) is 5.41. The van der Waals surface area contributed by atoms with Crippen LogP contribution in [0.3, 0.4) is 0 Å². The van der Waals surface area contributed by atoms with Crippen molar-refractivity contribution in [3.05, 3.63) is 17.5 Å². The third-order valence-electron chi connectivity index (χ3n) is 1.65. The zero-order valence-corrected chi connectivity index (χ0v) is 8.31. The summed E-state index contributed by atoms with van der Waals surface area (Å²) < 4.78 is 34.6. The fourth-order valence-electron chi connectivity index (χ4n) is 1.19. The summed E-state index contributed by atoms with van der Waals surface area (Å²) in [5.41, 5.74) is 1.07. The van der Waals surface area contributed by atoms with Gasteiger partial charge < -0.3 is 0 Å². The topological polar surface area (TPSA) is 52.0 Å². The Bertz CT molecular complexity index is 397. The van der Waals surface area contributed by atoms with E-state index in [0.717, 1.165) is 0 Å². The molecule has 1 rings (SSSR count). The normalized spacial score (nSPS) is 11.9. The van der Waals surface area contributed by atoms with Crippen LogP contribution in [0.25, 0.3) is 0 Å². The lowest BCUT2D eigenvalue weighted by Crippen LogP contribution is -1.98. The van der Waals surface area contributed by atoms with Gasteiger partial charge in [-0.3, -0.25) is 4.68 Å². The molecule has 0 N–H and O–H groups in total. The molecule has 0 saturated heterocycles. The molecule has 0 spiro atoms. The number of hydrogen-bond donors (Lipinski definition) is 0. The molecule has 4 nitrogen and oxygen atoms in total. The molecule has 0 aliphatic rings. The van der Waals surface area contributed by atoms with E-state index in [1.807, 2.05) is 6.92 Å². The second-order valence-corrected chi connectivity index (χ2v) is 4.18. The fourth-order valence-corrected chi connectivity index (χ4v) is 1.80. The van der Waals surface area contributed by atoms with E-state index in [2.05, 4.69) is 5.10 Å². The Labute approximate surface area is 76.6 Å². The van der Waals surface area contributed by atoms with Gasteiger partial charge in [0, 0.05) is 18.8 Å². The molecule has 0 radical (unpaired) electrons. The first-order chi connectivity index (χ1) is 5.92. The Balaban J connectivity index is 3.00. The molecule has 0 aliphatic heterocycles. The Morgan fingerprint density at radius 2 is 2.23 bits per heavy atom. The van der Waals surface area contributed by atoms with E-state index in [4.69, 9.17) is 0 Å². The molecule has 0 fully saturated rings. The Morgan fingerprint density at radius 3 is 2.69 bits per heavy atom. The summed E-state index contributed by atoms with van der Waals surface area (Å²) in [6.45, 7) is 1.84. The van der Waals surface area contributed by atoms with Crippen molar-refractivity contribution in [2.45, 2.75) is 19.1 Å². The van der Waals surface area contributed by atoms with Gasteiger partial charge in [-0.2, -0.15) is 13.5 Å². The van der Waals surface area contributed by atoms with E-state index >= 15 is 0 Å². The maximum Gasteiger partial charge on any atom is 0.306 e. The van der Waals surface area contributed by atoms with Gasteiger partial charge in [0.25, 0.3) is 0 Å². The predicted molar refractivity (Wildman–Crippen MR) is 46.3 cm³/mol. The van der Waals surface area contributed by atoms with Crippen molar-refractivity contribution < 1.29 is 12.3 Å². The SMILES string of the molecule is CCc1nn(C)cc1CS(=O)(=O)F. The van der Waals surface area contributed by atoms with Gasteiger partial charge in [-0.05, 0) is 6.42 Å². The van der Waals surface area contributed by atoms with Crippen LogP contribution in [0.4, 0.5) is 3.89 Å². The highest BCUT2D eigenvalue weighted by molar-refractivity contribution is 7.85. The smallest absolute Gasteiger partial charge is 0.275 e. The summed E-state index contributed by atoms with van der Waals surface area (Å²) in [5, 5.41) is 4.00. The second-order valence-electron chi connectivity index (χ2n) is 2.81. The zero-order chi connectivity index (χ0) is 10.1. The average molecular weight is 206 g/mol. The first-order valence-electron chi connectivity index (χ1n) is 3.86. The maximum atomic E-state index is 12.3. The molecule has 6 heteroatoms. The van der Waals surface area contributed by atoms with Crippen LogP contribution in [0.1, 0.15) is 18.2 Å². The summed E-state index contributed by atoms with van der Waals surface area (Å²) in [5.74, 6) is -0.579. The standard InChI is InChI=1S/C7H11FN2O2S/c1-3-7-6(4-10(2)9-7)5-13(8,11)12/h4H,3,5H2,1-2H3. The molecule has 1 aromatic heterocycles. The van der Waals surface area contributed by atoms with Crippen LogP contribution in [0.5, 0.6) is 0 Å². The molecular formula is C7H11FN2O2S. The van der Waals surface area contributed by atoms with Gasteiger partial charge in [0.2, 0.25) is 0 Å². The van der Waals surface area contributed by atoms with Crippen molar-refractivity contribution in [3.8, 4) is 0 Å². The molecule has 1 aromatic rings. The molecule has 0 saturated carbocycles. The number of hydrogen-bond acceptors (Lipinski definition) is 3. The van der Waals surface area contributed by atoms with E-state index in [9.17, 15) is 12.3 Å². The number of nitrogens with zero attached hydrogens (tertiary/aromatic N) is 2. The molecule has 0 aromatic carbocycles. The van der Waals surface area contributed by atoms with Gasteiger partial charge in [0.1, 0.15) is 5.75 Å². The van der Waals surface area contributed by atoms with E-state index in [-0.39, 0.29) is 0 Å². The first kappa shape index (κ1) is 10.2. The van der Waals surface area contributed by atoms with Crippen LogP contribution < -0.4 is 0 Å². The van der Waals surface area contributed by atoms with Crippen LogP contribution in [0, 0.1) is 0 Å². The molecule has 0 atom stereocenters. The minimum atomic E-state index is -4.45. The van der Waals surface area contributed by atoms with Crippen LogP contribution in [0.2, 0.25) is 0 Å². The molecule has 1 heterocycles. The van der Waals surface area contributed by atoms with Gasteiger partial charge in [-0.1, -0.05) is 6.92 Å². The third kappa shape index (κ3) is 2.80. The monoisotopic (exact) mass is 206 g/mol. The van der Waals surface area contributed by atoms with E-state index < -0.39 is 16.0 Å². The minimum absolute atomic E-state index is 0.438. The number of halogens is 1. The van der Waals surface area contributed by atoms with Crippen molar-refractivity contribution in [1.82, 2.24) is 9.78 Å². The lowest BCUT2D eigenvalue weighted by molar-refractivity contribution is 0.551. The molecule has 74 valence electrons. The second kappa shape index (κ2) is 3.45. The Kier molecular flexibility index (Phi) is 2.70. The summed E-state index contributed by atoms with van der Waals surface area (Å²) in [6.07, 6.45) is 2.13. The molecule has 0 amide bonds. The van der Waals surface area contributed by atoms with Gasteiger partial charge in [0.15, 0.2) is 0 Å². The number of aryl methyl sites for hydroxylation is 2. The van der Waals surface area contributed by atoms with Crippen molar-refractivity contribution in [1.29, 1.82) is 0 Å². The highest BCUT2D eigenvalue weighted by atomic mass is 32.3. The third-order valence-corrected chi connectivity index (χ3v) is 2.31. The van der Waals surface area contributed by atoms with E-state index in [1.165, 1.54) is 10.9 Å². The summed E-state index contributed by atoms with van der Waals surface area (Å²) in [7, 11) is -2.78. The van der Waals surface area contributed by atoms with Crippen LogP contribution in [0.15, 0.2) is 6.20 Å². The number of rotatable bonds is 3. The molecular weight excluding hydrogens is 195 g/mol. The van der Waals surface area contributed by atoms with Crippen molar-refractivity contribution >= 4 is 10.2 Å². The summed E-state index contributed by atoms with van der Waals surface area (Å²) in [6, 6.07) is 0. The van der Waals surface area contributed by atoms with E-state index in [0.29, 0.717) is 17.7 Å². The van der Waals surface area contributed by atoms with E-state index in [1.54, 1.807) is 7.05 Å². The summed E-state index contributed by atoms with van der Waals surface area (Å²) in [4.78, 5) is 0. The van der Waals surface area contributed by atoms with Gasteiger partial charge in [0.05, 0.1) is 5.69 Å². The maximum absolute atomic E-state index is 12.3. The van der Waals surface area contributed by atoms with Crippen LogP contribution in [-0.2, 0) is 29.4 Å². The molecule has 0 bridgehead atoms. The molecule has 0 aliphatic carbocycles. The zero-order valence-electron chi connectivity index (χ0n) is 7.49. The predicted octanol–water partition coefficient (Wildman–Crippen LogP) is 0.782. The van der Waals surface area contributed by atoms with Crippen molar-refractivity contribution in [3.63, 3.8) is 0 Å². The van der Waals surface area contributed by atoms with Gasteiger partial charge in [-0.15, -0.1) is 3.89 Å². The Morgan fingerprint density at radius 1 is 1.62 bits per heavy atom. The molecule has 13 heavy (non-hydrogen) atoms. The van der Waals surface area contributed by atoms with Gasteiger partial charge in [-0.25, -0.2) is 0 Å². The Hall–Kier alpha value is -0.910. The lowest BCUT2D eigenvalue weighted by Gasteiger charge is -1.93.